The molecule has 0 spiro atoms. The molecule has 0 aliphatic carbocycles. The first kappa shape index (κ1) is 12.7. The Bertz CT molecular complexity index is 355. The van der Waals surface area contributed by atoms with Crippen molar-refractivity contribution in [3.8, 4) is 0 Å². The van der Waals surface area contributed by atoms with Gasteiger partial charge in [-0.3, -0.25) is 4.79 Å². The van der Waals surface area contributed by atoms with Gasteiger partial charge >= 0.3 is 0 Å². The lowest BCUT2D eigenvalue weighted by molar-refractivity contribution is -0.124. The molecule has 1 rings (SSSR count). The minimum absolute atomic E-state index is 0.0514. The molecule has 0 bridgehead atoms. The van der Waals surface area contributed by atoms with Crippen molar-refractivity contribution in [3.05, 3.63) is 29.8 Å². The number of carbonyl (C=O) groups excluding carboxylic acids is 1. The van der Waals surface area contributed by atoms with Gasteiger partial charge in [-0.25, -0.2) is 0 Å². The van der Waals surface area contributed by atoms with E-state index in [0.29, 0.717) is 6.54 Å². The summed E-state index contributed by atoms with van der Waals surface area (Å²) >= 11 is 0. The summed E-state index contributed by atoms with van der Waals surface area (Å²) < 4.78 is 0. The van der Waals surface area contributed by atoms with E-state index in [4.69, 9.17) is 5.73 Å². The monoisotopic (exact) mass is 220 g/mol. The van der Waals surface area contributed by atoms with E-state index in [2.05, 4.69) is 5.32 Å². The fourth-order valence-corrected chi connectivity index (χ4v) is 1.19. The van der Waals surface area contributed by atoms with E-state index in [-0.39, 0.29) is 11.3 Å². The highest BCUT2D eigenvalue weighted by Crippen LogP contribution is 2.22. The van der Waals surface area contributed by atoms with Crippen LogP contribution in [-0.2, 0) is 11.3 Å². The van der Waals surface area contributed by atoms with E-state index in [0.717, 1.165) is 17.7 Å². The second-order valence-electron chi connectivity index (χ2n) is 4.59. The molecular formula is C13H20N2O. The third-order valence-corrected chi connectivity index (χ3v) is 2.95. The van der Waals surface area contributed by atoms with Crippen molar-refractivity contribution in [2.24, 2.45) is 11.1 Å². The second kappa shape index (κ2) is 5.12. The summed E-state index contributed by atoms with van der Waals surface area (Å²) in [4.78, 5) is 11.9. The van der Waals surface area contributed by atoms with Crippen LogP contribution in [-0.4, -0.2) is 5.91 Å². The van der Waals surface area contributed by atoms with Gasteiger partial charge in [-0.2, -0.15) is 0 Å². The standard InChI is InChI=1S/C13H20N2O/c1-4-13(2,3)12(16)15-11-7-5-10(9-14)6-8-11/h5-8H,4,9,14H2,1-3H3,(H,15,16). The van der Waals surface area contributed by atoms with Crippen molar-refractivity contribution in [1.82, 2.24) is 0 Å². The average molecular weight is 220 g/mol. The highest BCUT2D eigenvalue weighted by Gasteiger charge is 2.24. The minimum Gasteiger partial charge on any atom is -0.326 e. The summed E-state index contributed by atoms with van der Waals surface area (Å²) in [6.07, 6.45) is 0.819. The van der Waals surface area contributed by atoms with Crippen LogP contribution in [0.2, 0.25) is 0 Å². The molecular weight excluding hydrogens is 200 g/mol. The van der Waals surface area contributed by atoms with Gasteiger partial charge in [0.1, 0.15) is 0 Å². The summed E-state index contributed by atoms with van der Waals surface area (Å²) in [5.74, 6) is 0.0514. The Kier molecular flexibility index (Phi) is 4.07. The molecule has 3 N–H and O–H groups in total. The largest absolute Gasteiger partial charge is 0.326 e. The smallest absolute Gasteiger partial charge is 0.230 e. The van der Waals surface area contributed by atoms with Crippen LogP contribution in [0.25, 0.3) is 0 Å². The van der Waals surface area contributed by atoms with Gasteiger partial charge in [-0.15, -0.1) is 0 Å². The van der Waals surface area contributed by atoms with Crippen LogP contribution in [0.1, 0.15) is 32.8 Å². The number of benzene rings is 1. The fraction of sp³-hybridized carbons (Fsp3) is 0.462. The Morgan fingerprint density at radius 1 is 1.31 bits per heavy atom. The number of nitrogens with one attached hydrogen (secondary N) is 1. The van der Waals surface area contributed by atoms with Crippen LogP contribution in [0.4, 0.5) is 5.69 Å². The fourth-order valence-electron chi connectivity index (χ4n) is 1.19. The molecule has 0 aliphatic heterocycles. The zero-order valence-electron chi connectivity index (χ0n) is 10.2. The highest BCUT2D eigenvalue weighted by molar-refractivity contribution is 5.94. The first-order valence-electron chi connectivity index (χ1n) is 5.60. The van der Waals surface area contributed by atoms with Crippen molar-refractivity contribution < 1.29 is 4.79 Å². The Labute approximate surface area is 97.0 Å². The summed E-state index contributed by atoms with van der Waals surface area (Å²) in [6, 6.07) is 7.61. The molecule has 3 heteroatoms. The number of nitrogens with two attached hydrogens (primary N) is 1. The van der Waals surface area contributed by atoms with Crippen molar-refractivity contribution >= 4 is 11.6 Å². The maximum absolute atomic E-state index is 11.9. The number of hydrogen-bond donors (Lipinski definition) is 2. The van der Waals surface area contributed by atoms with Crippen LogP contribution >= 0.6 is 0 Å². The molecule has 0 atom stereocenters. The summed E-state index contributed by atoms with van der Waals surface area (Å²) in [5, 5.41) is 2.90. The lowest BCUT2D eigenvalue weighted by Gasteiger charge is -2.21. The molecule has 16 heavy (non-hydrogen) atoms. The third kappa shape index (κ3) is 3.07. The van der Waals surface area contributed by atoms with Gasteiger partial charge < -0.3 is 11.1 Å². The van der Waals surface area contributed by atoms with Gasteiger partial charge in [0.15, 0.2) is 0 Å². The maximum Gasteiger partial charge on any atom is 0.230 e. The molecule has 0 heterocycles. The van der Waals surface area contributed by atoms with E-state index < -0.39 is 0 Å². The topological polar surface area (TPSA) is 55.1 Å². The molecule has 1 aromatic rings. The molecule has 0 aromatic heterocycles. The molecule has 0 aliphatic rings. The predicted octanol–water partition coefficient (Wildman–Crippen LogP) is 2.52. The van der Waals surface area contributed by atoms with E-state index in [1.807, 2.05) is 45.0 Å². The number of anilines is 1. The number of carbonyl (C=O) groups is 1. The van der Waals surface area contributed by atoms with Crippen LogP contribution in [0.3, 0.4) is 0 Å². The van der Waals surface area contributed by atoms with Crippen molar-refractivity contribution in [2.45, 2.75) is 33.7 Å². The first-order chi connectivity index (χ1) is 7.49. The number of hydrogen-bond acceptors (Lipinski definition) is 2. The van der Waals surface area contributed by atoms with E-state index in [1.165, 1.54) is 0 Å². The Balaban J connectivity index is 2.70. The SMILES string of the molecule is CCC(C)(C)C(=O)Nc1ccc(CN)cc1. The van der Waals surface area contributed by atoms with Crippen LogP contribution in [0, 0.1) is 5.41 Å². The van der Waals surface area contributed by atoms with Gasteiger partial charge in [0.2, 0.25) is 5.91 Å². The average Bonchev–Trinajstić information content (AvgIpc) is 2.30. The van der Waals surface area contributed by atoms with Gasteiger partial charge in [0, 0.05) is 17.6 Å². The van der Waals surface area contributed by atoms with Gasteiger partial charge in [0.05, 0.1) is 0 Å². The maximum atomic E-state index is 11.9. The van der Waals surface area contributed by atoms with E-state index in [1.54, 1.807) is 0 Å². The summed E-state index contributed by atoms with van der Waals surface area (Å²) in [6.45, 7) is 6.42. The Hall–Kier alpha value is -1.35. The molecule has 0 saturated heterocycles. The molecule has 1 amide bonds. The molecule has 3 nitrogen and oxygen atoms in total. The predicted molar refractivity (Wildman–Crippen MR) is 67.0 cm³/mol. The van der Waals surface area contributed by atoms with Crippen molar-refractivity contribution in [1.29, 1.82) is 0 Å². The van der Waals surface area contributed by atoms with E-state index >= 15 is 0 Å². The summed E-state index contributed by atoms with van der Waals surface area (Å²) in [7, 11) is 0. The van der Waals surface area contributed by atoms with Gasteiger partial charge in [-0.1, -0.05) is 32.9 Å². The first-order valence-corrected chi connectivity index (χ1v) is 5.60. The van der Waals surface area contributed by atoms with Crippen LogP contribution in [0.15, 0.2) is 24.3 Å². The zero-order chi connectivity index (χ0) is 12.2. The minimum atomic E-state index is -0.327. The highest BCUT2D eigenvalue weighted by atomic mass is 16.2. The summed E-state index contributed by atoms with van der Waals surface area (Å²) in [5.41, 5.74) is 7.06. The normalized spacial score (nSPS) is 11.2. The zero-order valence-corrected chi connectivity index (χ0v) is 10.2. The molecule has 88 valence electrons. The number of amides is 1. The molecule has 0 saturated carbocycles. The molecule has 0 unspecified atom stereocenters. The molecule has 0 fully saturated rings. The third-order valence-electron chi connectivity index (χ3n) is 2.95. The van der Waals surface area contributed by atoms with Crippen molar-refractivity contribution in [2.75, 3.05) is 5.32 Å². The van der Waals surface area contributed by atoms with Crippen LogP contribution in [0.5, 0.6) is 0 Å². The van der Waals surface area contributed by atoms with Crippen molar-refractivity contribution in [3.63, 3.8) is 0 Å². The Morgan fingerprint density at radius 2 is 1.88 bits per heavy atom. The van der Waals surface area contributed by atoms with Crippen LogP contribution < -0.4 is 11.1 Å². The number of rotatable bonds is 4. The lowest BCUT2D eigenvalue weighted by atomic mass is 9.89. The second-order valence-corrected chi connectivity index (χ2v) is 4.59. The Morgan fingerprint density at radius 3 is 2.31 bits per heavy atom. The van der Waals surface area contributed by atoms with Gasteiger partial charge in [0.25, 0.3) is 0 Å². The molecule has 1 aromatic carbocycles. The quantitative estimate of drug-likeness (QED) is 0.819. The van der Waals surface area contributed by atoms with E-state index in [9.17, 15) is 4.79 Å². The molecule has 0 radical (unpaired) electrons. The lowest BCUT2D eigenvalue weighted by Crippen LogP contribution is -2.29. The van der Waals surface area contributed by atoms with Gasteiger partial charge in [-0.05, 0) is 24.1 Å².